The quantitative estimate of drug-likeness (QED) is 0.382. The molecule has 0 spiro atoms. The molecule has 0 fully saturated rings. The van der Waals surface area contributed by atoms with Crippen molar-refractivity contribution in [2.45, 2.75) is 12.8 Å². The van der Waals surface area contributed by atoms with Gasteiger partial charge in [0.05, 0.1) is 5.56 Å². The number of hydrogen-bond donors (Lipinski definition) is 2. The van der Waals surface area contributed by atoms with Crippen molar-refractivity contribution in [3.8, 4) is 17.2 Å². The van der Waals surface area contributed by atoms with Gasteiger partial charge >= 0.3 is 5.87 Å². The normalized spacial score (nSPS) is 21.5. The van der Waals surface area contributed by atoms with Gasteiger partial charge in [0.15, 0.2) is 17.3 Å². The number of aliphatic hydroxyl groups is 1. The molecule has 1 aliphatic heterocycles. The van der Waals surface area contributed by atoms with Crippen LogP contribution in [-0.2, 0) is 0 Å². The number of fused-ring (bicyclic) bond motifs is 1. The van der Waals surface area contributed by atoms with E-state index < -0.39 is 5.87 Å². The zero-order valence-corrected chi connectivity index (χ0v) is 10.1. The first-order valence-corrected chi connectivity index (χ1v) is 5.22. The van der Waals surface area contributed by atoms with Gasteiger partial charge in [0.25, 0.3) is 7.85 Å². The number of hydrogen-bond acceptors (Lipinski definition) is 5. The van der Waals surface area contributed by atoms with Crippen LogP contribution in [-0.4, -0.2) is 45.4 Å². The molecular weight excluding hydrogens is 221 g/mol. The van der Waals surface area contributed by atoms with E-state index in [1.54, 1.807) is 15.7 Å². The molecule has 0 saturated heterocycles. The second kappa shape index (κ2) is 3.47. The summed E-state index contributed by atoms with van der Waals surface area (Å²) < 4.78 is 10.3. The summed E-state index contributed by atoms with van der Waals surface area (Å²) in [5.41, 5.74) is 1.48. The lowest BCUT2D eigenvalue weighted by molar-refractivity contribution is -0.178. The molecule has 2 N–H and O–H groups in total. The van der Waals surface area contributed by atoms with Crippen molar-refractivity contribution in [1.82, 2.24) is 0 Å². The summed E-state index contributed by atoms with van der Waals surface area (Å²) in [5.74, 6) is -2.07. The van der Waals surface area contributed by atoms with Crippen LogP contribution in [0.3, 0.4) is 0 Å². The molecule has 1 atom stereocenters. The Hall–Kier alpha value is -1.56. The van der Waals surface area contributed by atoms with Gasteiger partial charge < -0.3 is 19.7 Å². The van der Waals surface area contributed by atoms with E-state index in [4.69, 9.17) is 9.47 Å². The number of rotatable bonds is 1. The van der Waals surface area contributed by atoms with Crippen LogP contribution in [0.4, 0.5) is 0 Å². The number of Topliss-reactive ketones (excluding diaryl/α,β-unsaturated/α-hetero) is 1. The number of carbonyl (C=O) groups is 1. The lowest BCUT2D eigenvalue weighted by Crippen LogP contribution is -2.39. The van der Waals surface area contributed by atoms with E-state index in [0.29, 0.717) is 10.9 Å². The van der Waals surface area contributed by atoms with Gasteiger partial charge in [-0.1, -0.05) is 5.46 Å². The SMILES string of the molecule is Bc1c(B)c(C(C)=O)c(O)c2c1OC(B)(O)O2. The number of carbonyl (C=O) groups excluding carboxylic acids is 1. The fraction of sp³-hybridized carbons (Fsp3) is 0.222. The molecule has 1 aliphatic rings. The minimum absolute atomic E-state index is 0.0169. The van der Waals surface area contributed by atoms with E-state index in [-0.39, 0.29) is 28.6 Å². The summed E-state index contributed by atoms with van der Waals surface area (Å²) >= 11 is 0. The van der Waals surface area contributed by atoms with Crippen LogP contribution in [0, 0.1) is 0 Å². The third-order valence-electron chi connectivity index (χ3n) is 2.87. The first-order valence-electron chi connectivity index (χ1n) is 5.22. The summed E-state index contributed by atoms with van der Waals surface area (Å²) in [5, 5.41) is 19.6. The Morgan fingerprint density at radius 1 is 1.24 bits per heavy atom. The summed E-state index contributed by atoms with van der Waals surface area (Å²) in [4.78, 5) is 11.5. The van der Waals surface area contributed by atoms with Crippen LogP contribution < -0.4 is 20.4 Å². The summed E-state index contributed by atoms with van der Waals surface area (Å²) in [6.45, 7) is 1.36. The molecule has 1 unspecified atom stereocenters. The van der Waals surface area contributed by atoms with E-state index in [1.165, 1.54) is 14.8 Å². The van der Waals surface area contributed by atoms with Crippen molar-refractivity contribution in [2.75, 3.05) is 0 Å². The Morgan fingerprint density at radius 3 is 2.29 bits per heavy atom. The fourth-order valence-corrected chi connectivity index (χ4v) is 1.97. The third-order valence-corrected chi connectivity index (χ3v) is 2.87. The second-order valence-corrected chi connectivity index (χ2v) is 4.29. The van der Waals surface area contributed by atoms with Crippen LogP contribution in [0.1, 0.15) is 17.3 Å². The number of phenolic OH excluding ortho intramolecular Hbond substituents is 1. The van der Waals surface area contributed by atoms with Crippen LogP contribution in [0.2, 0.25) is 0 Å². The van der Waals surface area contributed by atoms with E-state index in [1.807, 2.05) is 0 Å². The molecule has 1 aromatic rings. The number of phenols is 1. The predicted molar refractivity (Wildman–Crippen MR) is 69.2 cm³/mol. The lowest BCUT2D eigenvalue weighted by Gasteiger charge is -2.15. The molecule has 17 heavy (non-hydrogen) atoms. The van der Waals surface area contributed by atoms with Crippen LogP contribution >= 0.6 is 0 Å². The molecule has 0 bridgehead atoms. The number of aromatic hydroxyl groups is 1. The molecule has 1 aromatic carbocycles. The largest absolute Gasteiger partial charge is 0.504 e. The van der Waals surface area contributed by atoms with Gasteiger partial charge in [-0.3, -0.25) is 4.79 Å². The maximum Gasteiger partial charge on any atom is 0.310 e. The highest BCUT2D eigenvalue weighted by Gasteiger charge is 2.39. The van der Waals surface area contributed by atoms with Crippen molar-refractivity contribution < 1.29 is 24.5 Å². The minimum Gasteiger partial charge on any atom is -0.504 e. The molecule has 0 amide bonds. The number of ketones is 1. The maximum absolute atomic E-state index is 11.5. The highest BCUT2D eigenvalue weighted by atomic mass is 16.8. The number of ether oxygens (including phenoxy) is 2. The average molecular weight is 232 g/mol. The third kappa shape index (κ3) is 1.68. The topological polar surface area (TPSA) is 76.0 Å². The Kier molecular flexibility index (Phi) is 2.43. The Bertz CT molecular complexity index is 526. The standard InChI is InChI=1S/C9H11B3O5/c1-2(13)3-4(10)5(11)7-8(6(3)14)17-9(12,15)16-7/h14-15H,10-12H2,1H3. The van der Waals surface area contributed by atoms with Gasteiger partial charge in [-0.15, -0.1) is 0 Å². The van der Waals surface area contributed by atoms with E-state index in [2.05, 4.69) is 0 Å². The molecule has 0 aromatic heterocycles. The van der Waals surface area contributed by atoms with E-state index in [9.17, 15) is 15.0 Å². The molecule has 1 heterocycles. The number of benzene rings is 1. The Morgan fingerprint density at radius 2 is 1.76 bits per heavy atom. The molecule has 86 valence electrons. The maximum atomic E-state index is 11.5. The van der Waals surface area contributed by atoms with Crippen molar-refractivity contribution in [1.29, 1.82) is 0 Å². The molecule has 8 heteroatoms. The van der Waals surface area contributed by atoms with E-state index in [0.717, 1.165) is 0 Å². The van der Waals surface area contributed by atoms with Gasteiger partial charge in [0, 0.05) is 0 Å². The average Bonchev–Trinajstić information content (AvgIpc) is 2.51. The zero-order valence-electron chi connectivity index (χ0n) is 10.1. The minimum atomic E-state index is -1.81. The smallest absolute Gasteiger partial charge is 0.310 e. The van der Waals surface area contributed by atoms with Gasteiger partial charge in [-0.05, 0) is 12.4 Å². The molecule has 2 rings (SSSR count). The molecule has 0 radical (unpaired) electrons. The van der Waals surface area contributed by atoms with Crippen LogP contribution in [0.25, 0.3) is 0 Å². The highest BCUT2D eigenvalue weighted by molar-refractivity contribution is 6.52. The second-order valence-electron chi connectivity index (χ2n) is 4.29. The first kappa shape index (κ1) is 11.9. The lowest BCUT2D eigenvalue weighted by atomic mass is 9.75. The van der Waals surface area contributed by atoms with Crippen molar-refractivity contribution in [3.63, 3.8) is 0 Å². The predicted octanol–water partition coefficient (Wildman–Crippen LogP) is -3.88. The molecule has 0 saturated carbocycles. The molecule has 0 aliphatic carbocycles. The van der Waals surface area contributed by atoms with Gasteiger partial charge in [-0.25, -0.2) is 0 Å². The molecule has 5 nitrogen and oxygen atoms in total. The summed E-state index contributed by atoms with van der Waals surface area (Å²) in [6.07, 6.45) is 0. The first-order chi connectivity index (χ1) is 7.74. The van der Waals surface area contributed by atoms with Crippen LogP contribution in [0.5, 0.6) is 17.2 Å². The molecular formula is C9H11B3O5. The van der Waals surface area contributed by atoms with Crippen molar-refractivity contribution >= 4 is 40.2 Å². The van der Waals surface area contributed by atoms with Gasteiger partial charge in [0.1, 0.15) is 15.7 Å². The monoisotopic (exact) mass is 232 g/mol. The zero-order chi connectivity index (χ0) is 13.0. The van der Waals surface area contributed by atoms with Gasteiger partial charge in [0.2, 0.25) is 5.75 Å². The van der Waals surface area contributed by atoms with Gasteiger partial charge in [-0.2, -0.15) is 0 Å². The summed E-state index contributed by atoms with van der Waals surface area (Å²) in [7, 11) is 4.77. The Labute approximate surface area is 101 Å². The summed E-state index contributed by atoms with van der Waals surface area (Å²) in [6, 6.07) is 0. The highest BCUT2D eigenvalue weighted by Crippen LogP contribution is 2.43. The van der Waals surface area contributed by atoms with Crippen molar-refractivity contribution in [2.24, 2.45) is 0 Å². The van der Waals surface area contributed by atoms with Crippen molar-refractivity contribution in [3.05, 3.63) is 5.56 Å². The fourth-order valence-electron chi connectivity index (χ4n) is 1.97. The Balaban J connectivity index is 2.74. The van der Waals surface area contributed by atoms with E-state index >= 15 is 0 Å². The van der Waals surface area contributed by atoms with Crippen LogP contribution in [0.15, 0.2) is 0 Å².